The second-order valence-corrected chi connectivity index (χ2v) is 10.2. The van der Waals surface area contributed by atoms with Gasteiger partial charge >= 0.3 is 0 Å². The van der Waals surface area contributed by atoms with Crippen molar-refractivity contribution in [3.05, 3.63) is 106 Å². The average Bonchev–Trinajstić information content (AvgIpc) is 3.21. The van der Waals surface area contributed by atoms with E-state index < -0.39 is 17.7 Å². The van der Waals surface area contributed by atoms with Gasteiger partial charge in [0.15, 0.2) is 0 Å². The number of aryl methyl sites for hydroxylation is 1. The van der Waals surface area contributed by atoms with Crippen LogP contribution in [0.15, 0.2) is 78.4 Å². The van der Waals surface area contributed by atoms with Gasteiger partial charge in [-0.2, -0.15) is 0 Å². The van der Waals surface area contributed by atoms with Gasteiger partial charge < -0.3 is 19.5 Å². The number of Topliss-reactive ketones (excluding diaryl/α,β-unsaturated/α-hetero) is 1. The van der Waals surface area contributed by atoms with Crippen LogP contribution in [-0.2, 0) is 20.9 Å². The molecule has 3 aromatic carbocycles. The molecule has 8 heteroatoms. The number of hydrogen-bond acceptors (Lipinski definition) is 6. The number of carbonyl (C=O) groups excluding carboxylic acids is 2. The largest absolute Gasteiger partial charge is 0.507 e. The van der Waals surface area contributed by atoms with Gasteiger partial charge in [-0.05, 0) is 60.0 Å². The van der Waals surface area contributed by atoms with Gasteiger partial charge in [0.25, 0.3) is 11.7 Å². The summed E-state index contributed by atoms with van der Waals surface area (Å²) in [6.07, 6.45) is 0. The number of nitrogens with zero attached hydrogens (tertiary/aromatic N) is 2. The molecule has 0 aliphatic carbocycles. The van der Waals surface area contributed by atoms with Crippen LogP contribution in [0.25, 0.3) is 5.76 Å². The summed E-state index contributed by atoms with van der Waals surface area (Å²) in [6.45, 7) is 6.20. The lowest BCUT2D eigenvalue weighted by Crippen LogP contribution is -2.42. The molecule has 1 amide bonds. The number of amides is 1. The minimum atomic E-state index is -0.748. The van der Waals surface area contributed by atoms with Gasteiger partial charge in [-0.15, -0.1) is 0 Å². The third-order valence-corrected chi connectivity index (χ3v) is 7.48. The quantitative estimate of drug-likeness (QED) is 0.244. The first-order chi connectivity index (χ1) is 18.9. The first kappa shape index (κ1) is 26.9. The number of benzene rings is 3. The molecule has 2 aliphatic rings. The van der Waals surface area contributed by atoms with Crippen molar-refractivity contribution in [1.82, 2.24) is 9.80 Å². The number of aliphatic hydroxyl groups is 1. The van der Waals surface area contributed by atoms with Crippen molar-refractivity contribution < 1.29 is 24.2 Å². The monoisotopic (exact) mass is 546 g/mol. The lowest BCUT2D eigenvalue weighted by Gasteiger charge is -2.31. The van der Waals surface area contributed by atoms with Gasteiger partial charge in [0.05, 0.1) is 24.8 Å². The number of ketones is 1. The fraction of sp³-hybridized carbons (Fsp3) is 0.290. The van der Waals surface area contributed by atoms with E-state index in [0.717, 1.165) is 24.2 Å². The summed E-state index contributed by atoms with van der Waals surface area (Å²) >= 11 is 6.29. The molecule has 0 aromatic heterocycles. The van der Waals surface area contributed by atoms with Crippen molar-refractivity contribution in [1.29, 1.82) is 0 Å². The van der Waals surface area contributed by atoms with Gasteiger partial charge in [-0.1, -0.05) is 48.0 Å². The summed E-state index contributed by atoms with van der Waals surface area (Å²) < 4.78 is 11.3. The van der Waals surface area contributed by atoms with E-state index in [9.17, 15) is 14.7 Å². The summed E-state index contributed by atoms with van der Waals surface area (Å²) in [4.78, 5) is 30.3. The van der Waals surface area contributed by atoms with E-state index in [2.05, 4.69) is 4.90 Å². The van der Waals surface area contributed by atoms with Crippen molar-refractivity contribution in [2.45, 2.75) is 19.6 Å². The Labute approximate surface area is 233 Å². The van der Waals surface area contributed by atoms with Gasteiger partial charge in [-0.25, -0.2) is 0 Å². The zero-order valence-electron chi connectivity index (χ0n) is 21.8. The number of hydrogen-bond donors (Lipinski definition) is 1. The van der Waals surface area contributed by atoms with E-state index in [1.54, 1.807) is 42.5 Å². The number of halogens is 1. The molecule has 0 bridgehead atoms. The number of rotatable bonds is 8. The van der Waals surface area contributed by atoms with Gasteiger partial charge in [0.1, 0.15) is 18.1 Å². The maximum absolute atomic E-state index is 13.3. The van der Waals surface area contributed by atoms with Crippen LogP contribution in [0.3, 0.4) is 0 Å². The van der Waals surface area contributed by atoms with Crippen molar-refractivity contribution in [3.63, 3.8) is 0 Å². The molecule has 0 saturated carbocycles. The van der Waals surface area contributed by atoms with Crippen LogP contribution in [-0.4, -0.2) is 66.0 Å². The van der Waals surface area contributed by atoms with Crippen molar-refractivity contribution in [3.8, 4) is 5.75 Å². The number of morpholine rings is 1. The molecule has 7 nitrogen and oxygen atoms in total. The molecule has 3 aromatic rings. The average molecular weight is 547 g/mol. The zero-order chi connectivity index (χ0) is 27.4. The topological polar surface area (TPSA) is 79.3 Å². The predicted octanol–water partition coefficient (Wildman–Crippen LogP) is 4.98. The molecule has 2 fully saturated rings. The van der Waals surface area contributed by atoms with E-state index in [4.69, 9.17) is 21.1 Å². The fourth-order valence-corrected chi connectivity index (χ4v) is 5.20. The van der Waals surface area contributed by atoms with Gasteiger partial charge in [0, 0.05) is 36.8 Å². The second-order valence-electron chi connectivity index (χ2n) is 9.74. The van der Waals surface area contributed by atoms with Gasteiger partial charge in [-0.3, -0.25) is 14.5 Å². The van der Waals surface area contributed by atoms with Crippen LogP contribution < -0.4 is 4.74 Å². The van der Waals surface area contributed by atoms with E-state index >= 15 is 0 Å². The normalized spacial score (nSPS) is 19.4. The van der Waals surface area contributed by atoms with E-state index in [1.165, 1.54) is 4.90 Å². The fourth-order valence-electron chi connectivity index (χ4n) is 5.01. The third-order valence-electron chi connectivity index (χ3n) is 7.25. The highest BCUT2D eigenvalue weighted by Crippen LogP contribution is 2.40. The molecule has 202 valence electrons. The Balaban J connectivity index is 1.42. The summed E-state index contributed by atoms with van der Waals surface area (Å²) in [6, 6.07) is 21.2. The smallest absolute Gasteiger partial charge is 0.295 e. The summed E-state index contributed by atoms with van der Waals surface area (Å²) in [7, 11) is 0. The third kappa shape index (κ3) is 6.01. The van der Waals surface area contributed by atoms with Crippen LogP contribution >= 0.6 is 11.6 Å². The minimum Gasteiger partial charge on any atom is -0.507 e. The molecule has 1 unspecified atom stereocenters. The van der Waals surface area contributed by atoms with Crippen molar-refractivity contribution >= 4 is 29.1 Å². The van der Waals surface area contributed by atoms with E-state index in [-0.39, 0.29) is 11.3 Å². The van der Waals surface area contributed by atoms with Gasteiger partial charge in [0.2, 0.25) is 0 Å². The molecule has 39 heavy (non-hydrogen) atoms. The molecular formula is C31H31ClN2O5. The summed E-state index contributed by atoms with van der Waals surface area (Å²) in [5.74, 6) is -0.933. The molecular weight excluding hydrogens is 516 g/mol. The maximum Gasteiger partial charge on any atom is 0.295 e. The van der Waals surface area contributed by atoms with Crippen LogP contribution in [0.5, 0.6) is 5.75 Å². The highest BCUT2D eigenvalue weighted by Gasteiger charge is 2.46. The van der Waals surface area contributed by atoms with Crippen LogP contribution in [0, 0.1) is 6.92 Å². The standard InChI is InChI=1S/C31H31ClN2O5/c1-21-5-2-3-6-24(21)20-39-26-11-9-22(10-12-26)29(35)27-28(23-7-4-8-25(32)19-23)34(31(37)30(27)36)14-13-33-15-17-38-18-16-33/h2-12,19,28,35H,13-18,20H2,1H3. The summed E-state index contributed by atoms with van der Waals surface area (Å²) in [5.41, 5.74) is 3.38. The minimum absolute atomic E-state index is 0.0535. The molecule has 0 spiro atoms. The Kier molecular flexibility index (Phi) is 8.31. The SMILES string of the molecule is Cc1ccccc1COc1ccc(C(O)=C2C(=O)C(=O)N(CCN3CCOCC3)C2c2cccc(Cl)c2)cc1. The highest BCUT2D eigenvalue weighted by atomic mass is 35.5. The molecule has 0 radical (unpaired) electrons. The number of likely N-dealkylation sites (tertiary alicyclic amines) is 1. The number of ether oxygens (including phenoxy) is 2. The first-order valence-electron chi connectivity index (χ1n) is 13.0. The molecule has 1 N–H and O–H groups in total. The molecule has 1 atom stereocenters. The zero-order valence-corrected chi connectivity index (χ0v) is 22.6. The second kappa shape index (κ2) is 12.0. The lowest BCUT2D eigenvalue weighted by atomic mass is 9.95. The Morgan fingerprint density at radius 3 is 2.46 bits per heavy atom. The molecule has 2 saturated heterocycles. The van der Waals surface area contributed by atoms with Crippen LogP contribution in [0.2, 0.25) is 5.02 Å². The molecule has 5 rings (SSSR count). The van der Waals surface area contributed by atoms with Crippen molar-refractivity contribution in [2.24, 2.45) is 0 Å². The maximum atomic E-state index is 13.3. The van der Waals surface area contributed by atoms with Crippen LogP contribution in [0.1, 0.15) is 28.3 Å². The van der Waals surface area contributed by atoms with E-state index in [1.807, 2.05) is 37.3 Å². The Bertz CT molecular complexity index is 1380. The predicted molar refractivity (Wildman–Crippen MR) is 150 cm³/mol. The van der Waals surface area contributed by atoms with Crippen LogP contribution in [0.4, 0.5) is 0 Å². The Morgan fingerprint density at radius 2 is 1.74 bits per heavy atom. The number of carbonyl (C=O) groups is 2. The van der Waals surface area contributed by atoms with E-state index in [0.29, 0.717) is 54.8 Å². The number of aliphatic hydroxyl groups excluding tert-OH is 1. The Morgan fingerprint density at radius 1 is 1.00 bits per heavy atom. The summed E-state index contributed by atoms with van der Waals surface area (Å²) in [5, 5.41) is 11.8. The molecule has 2 aliphatic heterocycles. The lowest BCUT2D eigenvalue weighted by molar-refractivity contribution is -0.140. The first-order valence-corrected chi connectivity index (χ1v) is 13.4. The highest BCUT2D eigenvalue weighted by molar-refractivity contribution is 6.46. The molecule has 2 heterocycles. The van der Waals surface area contributed by atoms with Crippen molar-refractivity contribution in [2.75, 3.05) is 39.4 Å². The Hall–Kier alpha value is -3.65.